The summed E-state index contributed by atoms with van der Waals surface area (Å²) in [7, 11) is 0. The third-order valence-corrected chi connectivity index (χ3v) is 3.12. The van der Waals surface area contributed by atoms with Crippen molar-refractivity contribution in [2.75, 3.05) is 6.54 Å². The molecule has 82 valence electrons. The summed E-state index contributed by atoms with van der Waals surface area (Å²) in [4.78, 5) is 0. The van der Waals surface area contributed by atoms with E-state index < -0.39 is 0 Å². The zero-order chi connectivity index (χ0) is 10.8. The fourth-order valence-corrected chi connectivity index (χ4v) is 2.34. The number of phenols is 1. The number of hydrogen-bond acceptors (Lipinski definition) is 2. The van der Waals surface area contributed by atoms with E-state index in [4.69, 9.17) is 0 Å². The van der Waals surface area contributed by atoms with Crippen LogP contribution in [0.2, 0.25) is 0 Å². The van der Waals surface area contributed by atoms with Crippen molar-refractivity contribution in [3.8, 4) is 5.75 Å². The molecule has 0 fully saturated rings. The van der Waals surface area contributed by atoms with E-state index >= 15 is 0 Å². The van der Waals surface area contributed by atoms with Crippen molar-refractivity contribution in [3.05, 3.63) is 29.3 Å². The van der Waals surface area contributed by atoms with E-state index in [1.54, 1.807) is 6.07 Å². The Morgan fingerprint density at radius 1 is 1.47 bits per heavy atom. The van der Waals surface area contributed by atoms with Crippen LogP contribution in [0.4, 0.5) is 0 Å². The minimum atomic E-state index is 0.473. The molecule has 0 saturated carbocycles. The molecule has 2 heteroatoms. The van der Waals surface area contributed by atoms with E-state index in [1.165, 1.54) is 11.1 Å². The molecule has 0 aliphatic heterocycles. The monoisotopic (exact) mass is 205 g/mol. The summed E-state index contributed by atoms with van der Waals surface area (Å²) in [6, 6.07) is 6.38. The summed E-state index contributed by atoms with van der Waals surface area (Å²) in [5.74, 6) is 0.962. The highest BCUT2D eigenvalue weighted by Crippen LogP contribution is 2.38. The van der Waals surface area contributed by atoms with Crippen LogP contribution < -0.4 is 5.32 Å². The van der Waals surface area contributed by atoms with Crippen molar-refractivity contribution in [1.82, 2.24) is 5.32 Å². The first kappa shape index (κ1) is 10.5. The first-order valence-electron chi connectivity index (χ1n) is 5.72. The largest absolute Gasteiger partial charge is 0.508 e. The van der Waals surface area contributed by atoms with Crippen LogP contribution in [0.15, 0.2) is 18.2 Å². The average Bonchev–Trinajstić information content (AvgIpc) is 2.59. The fourth-order valence-electron chi connectivity index (χ4n) is 2.34. The third kappa shape index (κ3) is 2.15. The molecule has 1 aliphatic carbocycles. The van der Waals surface area contributed by atoms with Gasteiger partial charge in [-0.1, -0.05) is 26.0 Å². The second-order valence-electron chi connectivity index (χ2n) is 4.65. The number of benzene rings is 1. The Labute approximate surface area is 91.3 Å². The Morgan fingerprint density at radius 2 is 2.27 bits per heavy atom. The lowest BCUT2D eigenvalue weighted by atomic mass is 10.00. The first-order chi connectivity index (χ1) is 7.18. The van der Waals surface area contributed by atoms with Gasteiger partial charge in [0.1, 0.15) is 5.75 Å². The summed E-state index contributed by atoms with van der Waals surface area (Å²) in [5, 5.41) is 13.3. The van der Waals surface area contributed by atoms with Gasteiger partial charge >= 0.3 is 0 Å². The van der Waals surface area contributed by atoms with E-state index in [9.17, 15) is 5.11 Å². The van der Waals surface area contributed by atoms with Crippen molar-refractivity contribution < 1.29 is 5.11 Å². The van der Waals surface area contributed by atoms with Crippen LogP contribution in [0.25, 0.3) is 0 Å². The molecule has 0 spiro atoms. The van der Waals surface area contributed by atoms with Crippen molar-refractivity contribution in [2.45, 2.75) is 38.6 Å². The minimum absolute atomic E-state index is 0.473. The van der Waals surface area contributed by atoms with Gasteiger partial charge < -0.3 is 10.4 Å². The van der Waals surface area contributed by atoms with Crippen molar-refractivity contribution >= 4 is 0 Å². The van der Waals surface area contributed by atoms with Gasteiger partial charge in [-0.05, 0) is 24.5 Å². The molecule has 0 aromatic heterocycles. The predicted molar refractivity (Wildman–Crippen MR) is 62.3 cm³/mol. The van der Waals surface area contributed by atoms with Gasteiger partial charge in [0, 0.05) is 24.1 Å². The van der Waals surface area contributed by atoms with E-state index in [2.05, 4.69) is 25.2 Å². The van der Waals surface area contributed by atoms with Gasteiger partial charge in [0.25, 0.3) is 0 Å². The average molecular weight is 205 g/mol. The molecule has 1 aliphatic rings. The second kappa shape index (κ2) is 4.23. The van der Waals surface area contributed by atoms with E-state index in [-0.39, 0.29) is 0 Å². The maximum Gasteiger partial charge on any atom is 0.119 e. The Kier molecular flexibility index (Phi) is 2.96. The Balaban J connectivity index is 2.13. The molecule has 0 heterocycles. The molecular formula is C13H19NO. The lowest BCUT2D eigenvalue weighted by molar-refractivity contribution is 0.455. The SMILES string of the molecule is CC(C)NCC1CCc2cccc(O)c21. The normalized spacial score (nSPS) is 19.5. The molecule has 0 amide bonds. The van der Waals surface area contributed by atoms with Crippen LogP contribution in [-0.4, -0.2) is 17.7 Å². The number of aryl methyl sites for hydroxylation is 1. The molecule has 0 radical (unpaired) electrons. The molecule has 2 nitrogen and oxygen atoms in total. The summed E-state index contributed by atoms with van der Waals surface area (Å²) in [6.45, 7) is 5.28. The van der Waals surface area contributed by atoms with Crippen LogP contribution in [-0.2, 0) is 6.42 Å². The van der Waals surface area contributed by atoms with Gasteiger partial charge in [-0.3, -0.25) is 0 Å². The summed E-state index contributed by atoms with van der Waals surface area (Å²) in [5.41, 5.74) is 2.50. The van der Waals surface area contributed by atoms with Crippen LogP contribution in [0, 0.1) is 0 Å². The topological polar surface area (TPSA) is 32.3 Å². The number of aromatic hydroxyl groups is 1. The molecule has 1 aromatic rings. The van der Waals surface area contributed by atoms with E-state index in [0.29, 0.717) is 17.7 Å². The number of nitrogens with one attached hydrogen (secondary N) is 1. The molecule has 15 heavy (non-hydrogen) atoms. The smallest absolute Gasteiger partial charge is 0.119 e. The third-order valence-electron chi connectivity index (χ3n) is 3.12. The fraction of sp³-hybridized carbons (Fsp3) is 0.538. The van der Waals surface area contributed by atoms with E-state index in [1.807, 2.05) is 6.07 Å². The van der Waals surface area contributed by atoms with Gasteiger partial charge in [0.15, 0.2) is 0 Å². The molecule has 1 aromatic carbocycles. The van der Waals surface area contributed by atoms with Crippen LogP contribution in [0.3, 0.4) is 0 Å². The highest BCUT2D eigenvalue weighted by molar-refractivity contribution is 5.45. The van der Waals surface area contributed by atoms with Crippen molar-refractivity contribution in [1.29, 1.82) is 0 Å². The quantitative estimate of drug-likeness (QED) is 0.794. The standard InChI is InChI=1S/C13H19NO/c1-9(2)14-8-11-7-6-10-4-3-5-12(15)13(10)11/h3-5,9,11,14-15H,6-8H2,1-2H3. The maximum atomic E-state index is 9.84. The van der Waals surface area contributed by atoms with Gasteiger partial charge in [-0.25, -0.2) is 0 Å². The highest BCUT2D eigenvalue weighted by atomic mass is 16.3. The maximum absolute atomic E-state index is 9.84. The molecule has 1 unspecified atom stereocenters. The zero-order valence-electron chi connectivity index (χ0n) is 9.46. The number of hydrogen-bond donors (Lipinski definition) is 2. The minimum Gasteiger partial charge on any atom is -0.508 e. The van der Waals surface area contributed by atoms with Gasteiger partial charge in [-0.2, -0.15) is 0 Å². The predicted octanol–water partition coefficient (Wildman–Crippen LogP) is 2.42. The lowest BCUT2D eigenvalue weighted by Gasteiger charge is -2.15. The molecule has 1 atom stereocenters. The van der Waals surface area contributed by atoms with E-state index in [0.717, 1.165) is 19.4 Å². The molecule has 2 N–H and O–H groups in total. The second-order valence-corrected chi connectivity index (χ2v) is 4.65. The summed E-state index contributed by atoms with van der Waals surface area (Å²) in [6.07, 6.45) is 2.26. The van der Waals surface area contributed by atoms with Gasteiger partial charge in [0.05, 0.1) is 0 Å². The van der Waals surface area contributed by atoms with Gasteiger partial charge in [0.2, 0.25) is 0 Å². The highest BCUT2D eigenvalue weighted by Gasteiger charge is 2.24. The summed E-state index contributed by atoms with van der Waals surface area (Å²) >= 11 is 0. The molecule has 2 rings (SSSR count). The lowest BCUT2D eigenvalue weighted by Crippen LogP contribution is -2.27. The van der Waals surface area contributed by atoms with Crippen molar-refractivity contribution in [3.63, 3.8) is 0 Å². The zero-order valence-corrected chi connectivity index (χ0v) is 9.46. The van der Waals surface area contributed by atoms with Crippen LogP contribution in [0.1, 0.15) is 37.3 Å². The van der Waals surface area contributed by atoms with Crippen molar-refractivity contribution in [2.24, 2.45) is 0 Å². The number of fused-ring (bicyclic) bond motifs is 1. The first-order valence-corrected chi connectivity index (χ1v) is 5.72. The van der Waals surface area contributed by atoms with Crippen LogP contribution in [0.5, 0.6) is 5.75 Å². The van der Waals surface area contributed by atoms with Gasteiger partial charge in [-0.15, -0.1) is 0 Å². The molecular weight excluding hydrogens is 186 g/mol. The Morgan fingerprint density at radius 3 is 3.00 bits per heavy atom. The number of phenolic OH excluding ortho intramolecular Hbond substituents is 1. The Hall–Kier alpha value is -1.02. The molecule has 0 bridgehead atoms. The number of rotatable bonds is 3. The van der Waals surface area contributed by atoms with Crippen LogP contribution >= 0.6 is 0 Å². The Bertz CT molecular complexity index is 346. The summed E-state index contributed by atoms with van der Waals surface area (Å²) < 4.78 is 0. The molecule has 0 saturated heterocycles.